The van der Waals surface area contributed by atoms with E-state index < -0.39 is 65.7 Å². The number of fused-ring (bicyclic) bond motifs is 11. The second kappa shape index (κ2) is 20.2. The van der Waals surface area contributed by atoms with Crippen molar-refractivity contribution in [3.63, 3.8) is 0 Å². The molecule has 19 nitrogen and oxygen atoms in total. The van der Waals surface area contributed by atoms with Gasteiger partial charge in [0.05, 0.1) is 123 Å². The van der Waals surface area contributed by atoms with E-state index in [4.69, 9.17) is 71.1 Å². The van der Waals surface area contributed by atoms with Crippen LogP contribution in [-0.4, -0.2) is 204 Å². The lowest BCUT2D eigenvalue weighted by Gasteiger charge is -2.54. The molecule has 3 unspecified atom stereocenters. The SMILES string of the molecule is C=C1C[C@@H]2CC[C@]34OC5[C@@H]6O[C@H]7CC[C@H](CC(=O)C[C@@H]8[C@@H](C)[C@@H]9O[C@@H]%10C[C@]%11(C[C@@H]%12O[C@]%13(C[C@H](C)[C@@H]%14O[C@@H]%15[C@@H]([C@@H](O)CO)CO[C@@H]%15C[C@@H]%14O%13)C[C@H](C)[C@@H]%12O%11)O[C@@H]%10C[C@@H]9O[C@H]8C[C@H]8O[C@@H](CC[C@@H]1O2)C[C@@H](C)C8=C)O[C@@H]7[C@H](O3)[C@@H]6OC5(C)C4O. The van der Waals surface area contributed by atoms with Crippen molar-refractivity contribution in [1.82, 2.24) is 0 Å². The molecule has 0 amide bonds. The second-order valence-electron chi connectivity index (χ2n) is 29.2. The zero-order valence-corrected chi connectivity index (χ0v) is 48.5. The standard InChI is InChI=1S/C63H90O19/c1-27-14-34-8-10-40-28(2)15-36(69-40)12-13-63-59(67)60(7)58(82-63)57-56(79-60)55(81-63)54-41(73-57)11-9-35(71-54)16-33(65)17-37-32(6)52-46(72-43(37)18-42(70-34)31(27)5)19-44-48(74-52)23-62(76-44)24-49-51(80-62)30(4)22-61(78-49)21-29(3)50-47(77-61)20-45-53(75-50)38(26-68-45)39(66)25-64/h27,29-30,32,34-59,64,66-67H,2,5,8-26H2,1,3-4,6-7H3/t27-,29+,30+,32-,34+,35-,36+,37-,38-,39+,40+,41+,42-,43+,44-,45-,46+,47+,48-,49+,50+,51+,52+,53-,54+,55+,56+,57-,58?,59?,60?,61-,62+,63-/m1/s1. The second-order valence-corrected chi connectivity index (χ2v) is 29.2. The number of hydrogen-bond donors (Lipinski definition) is 3. The predicted molar refractivity (Wildman–Crippen MR) is 286 cm³/mol. The van der Waals surface area contributed by atoms with Crippen LogP contribution in [0.4, 0.5) is 0 Å². The number of aliphatic hydroxyl groups excluding tert-OH is 3. The number of ether oxygens (including phenoxy) is 15. The molecule has 34 atom stereocenters. The maximum Gasteiger partial charge on any atom is 0.198 e. The van der Waals surface area contributed by atoms with E-state index in [2.05, 4.69) is 40.9 Å². The molecule has 3 N–H and O–H groups in total. The van der Waals surface area contributed by atoms with Gasteiger partial charge in [0.15, 0.2) is 17.4 Å². The molecule has 0 aliphatic carbocycles. The maximum atomic E-state index is 14.9. The minimum Gasteiger partial charge on any atom is -0.394 e. The Hall–Kier alpha value is -1.57. The third-order valence-corrected chi connectivity index (χ3v) is 23.9. The maximum absolute atomic E-state index is 14.9. The van der Waals surface area contributed by atoms with Gasteiger partial charge >= 0.3 is 0 Å². The van der Waals surface area contributed by atoms with Crippen molar-refractivity contribution in [2.24, 2.45) is 35.5 Å². The van der Waals surface area contributed by atoms with Crippen LogP contribution in [0.3, 0.4) is 0 Å². The van der Waals surface area contributed by atoms with E-state index in [1.807, 2.05) is 6.92 Å². The van der Waals surface area contributed by atoms with E-state index >= 15 is 0 Å². The van der Waals surface area contributed by atoms with E-state index in [0.29, 0.717) is 83.7 Å². The molecule has 0 aromatic heterocycles. The van der Waals surface area contributed by atoms with E-state index in [1.54, 1.807) is 0 Å². The van der Waals surface area contributed by atoms with Crippen LogP contribution in [0, 0.1) is 35.5 Å². The highest BCUT2D eigenvalue weighted by Gasteiger charge is 2.77. The molecular weight excluding hydrogens is 1060 g/mol. The van der Waals surface area contributed by atoms with Crippen LogP contribution in [-0.2, 0) is 75.8 Å². The topological polar surface area (TPSA) is 216 Å². The molecule has 17 saturated heterocycles. The van der Waals surface area contributed by atoms with E-state index in [9.17, 15) is 20.1 Å². The molecule has 0 aromatic carbocycles. The van der Waals surface area contributed by atoms with Crippen molar-refractivity contribution in [2.75, 3.05) is 13.2 Å². The number of rotatable bonds is 2. The van der Waals surface area contributed by atoms with Gasteiger partial charge in [0.25, 0.3) is 0 Å². The molecule has 0 aromatic rings. The molecule has 0 radical (unpaired) electrons. The molecule has 17 fully saturated rings. The lowest BCUT2D eigenvalue weighted by Crippen LogP contribution is -2.62. The molecule has 17 aliphatic rings. The van der Waals surface area contributed by atoms with Crippen LogP contribution < -0.4 is 0 Å². The summed E-state index contributed by atoms with van der Waals surface area (Å²) < 4.78 is 104. The van der Waals surface area contributed by atoms with Crippen molar-refractivity contribution >= 4 is 5.78 Å². The fraction of sp³-hybridized carbons (Fsp3) is 0.921. The molecular formula is C63H90O19. The molecule has 0 saturated carbocycles. The summed E-state index contributed by atoms with van der Waals surface area (Å²) in [5.41, 5.74) is 1.14. The van der Waals surface area contributed by atoms with Gasteiger partial charge in [-0.25, -0.2) is 0 Å². The minimum absolute atomic E-state index is 0.0141. The Morgan fingerprint density at radius 1 is 0.561 bits per heavy atom. The molecule has 19 heteroatoms. The Balaban J connectivity index is 0.633. The van der Waals surface area contributed by atoms with Crippen molar-refractivity contribution in [1.29, 1.82) is 0 Å². The summed E-state index contributed by atoms with van der Waals surface area (Å²) >= 11 is 0. The first kappa shape index (κ1) is 55.7. The van der Waals surface area contributed by atoms with Crippen molar-refractivity contribution < 1.29 is 91.2 Å². The Morgan fingerprint density at radius 2 is 1.28 bits per heavy atom. The highest BCUT2D eigenvalue weighted by atomic mass is 16.8. The average Bonchev–Trinajstić information content (AvgIpc) is 4.37. The highest BCUT2D eigenvalue weighted by molar-refractivity contribution is 5.79. The quantitative estimate of drug-likeness (QED) is 0.303. The normalized spacial score (nSPS) is 59.7. The molecule has 456 valence electrons. The van der Waals surface area contributed by atoms with E-state index in [1.165, 1.54) is 0 Å². The van der Waals surface area contributed by atoms with Crippen molar-refractivity contribution in [3.8, 4) is 0 Å². The van der Waals surface area contributed by atoms with Crippen molar-refractivity contribution in [3.05, 3.63) is 24.3 Å². The van der Waals surface area contributed by atoms with Crippen molar-refractivity contribution in [2.45, 2.75) is 313 Å². The van der Waals surface area contributed by atoms with Gasteiger partial charge in [-0.2, -0.15) is 0 Å². The fourth-order valence-electron chi connectivity index (χ4n) is 19.8. The first-order chi connectivity index (χ1) is 39.4. The number of carbonyl (C=O) groups is 1. The number of hydrogen-bond acceptors (Lipinski definition) is 19. The van der Waals surface area contributed by atoms with Gasteiger partial charge < -0.3 is 86.4 Å². The number of carbonyl (C=O) groups excluding carboxylic acids is 1. The smallest absolute Gasteiger partial charge is 0.198 e. The van der Waals surface area contributed by atoms with Crippen LogP contribution in [0.1, 0.15) is 144 Å². The predicted octanol–water partition coefficient (Wildman–Crippen LogP) is 5.21. The molecule has 82 heavy (non-hydrogen) atoms. The summed E-state index contributed by atoms with van der Waals surface area (Å²) in [7, 11) is 0. The summed E-state index contributed by atoms with van der Waals surface area (Å²) in [6.45, 7) is 20.0. The van der Waals surface area contributed by atoms with Gasteiger partial charge in [-0.3, -0.25) is 4.79 Å². The summed E-state index contributed by atoms with van der Waals surface area (Å²) in [6.07, 6.45) is 2.30. The fourth-order valence-corrected chi connectivity index (χ4v) is 19.8. The lowest BCUT2D eigenvalue weighted by molar-refractivity contribution is -0.370. The molecule has 17 rings (SSSR count). The third kappa shape index (κ3) is 8.86. The van der Waals surface area contributed by atoms with Gasteiger partial charge in [0.1, 0.15) is 48.0 Å². The Bertz CT molecular complexity index is 2500. The van der Waals surface area contributed by atoms with Crippen LogP contribution in [0.5, 0.6) is 0 Å². The highest BCUT2D eigenvalue weighted by Crippen LogP contribution is 2.60. The molecule has 12 bridgehead atoms. The first-order valence-electron chi connectivity index (χ1n) is 32.2. The Morgan fingerprint density at radius 3 is 2.12 bits per heavy atom. The zero-order chi connectivity index (χ0) is 56.1. The van der Waals surface area contributed by atoms with Gasteiger partial charge in [-0.15, -0.1) is 0 Å². The number of aliphatic hydroxyl groups is 3. The van der Waals surface area contributed by atoms with Crippen LogP contribution in [0.15, 0.2) is 24.3 Å². The van der Waals surface area contributed by atoms with Crippen LogP contribution in [0.2, 0.25) is 0 Å². The Labute approximate surface area is 481 Å². The van der Waals surface area contributed by atoms with Gasteiger partial charge in [0, 0.05) is 70.1 Å². The minimum atomic E-state index is -1.33. The molecule has 17 aliphatic heterocycles. The summed E-state index contributed by atoms with van der Waals surface area (Å²) in [5, 5.41) is 32.4. The largest absolute Gasteiger partial charge is 0.394 e. The number of Topliss-reactive ketones (excluding diaryl/α,β-unsaturated/α-hetero) is 1. The van der Waals surface area contributed by atoms with Gasteiger partial charge in [-0.05, 0) is 92.6 Å². The Kier molecular flexibility index (Phi) is 13.7. The molecule has 3 spiro atoms. The zero-order valence-electron chi connectivity index (χ0n) is 48.5. The first-order valence-corrected chi connectivity index (χ1v) is 32.2. The average molecular weight is 1150 g/mol. The van der Waals surface area contributed by atoms with E-state index in [0.717, 1.165) is 36.8 Å². The number of ketones is 1. The lowest BCUT2D eigenvalue weighted by atomic mass is 9.72. The monoisotopic (exact) mass is 1150 g/mol. The van der Waals surface area contributed by atoms with Gasteiger partial charge in [0.2, 0.25) is 0 Å². The summed E-state index contributed by atoms with van der Waals surface area (Å²) in [5.74, 6) is -2.89. The summed E-state index contributed by atoms with van der Waals surface area (Å²) in [6, 6.07) is 0. The summed E-state index contributed by atoms with van der Waals surface area (Å²) in [4.78, 5) is 14.9. The van der Waals surface area contributed by atoms with Gasteiger partial charge in [-0.1, -0.05) is 40.9 Å². The van der Waals surface area contributed by atoms with Crippen LogP contribution in [0.25, 0.3) is 0 Å². The third-order valence-electron chi connectivity index (χ3n) is 23.9. The molecule has 17 heterocycles. The van der Waals surface area contributed by atoms with E-state index in [-0.39, 0.29) is 158 Å². The van der Waals surface area contributed by atoms with Crippen LogP contribution >= 0.6 is 0 Å².